The maximum Gasteiger partial charge on any atom is 0.220 e. The zero-order valence-corrected chi connectivity index (χ0v) is 18.3. The number of aromatic nitrogens is 2. The van der Waals surface area contributed by atoms with Gasteiger partial charge in [-0.1, -0.05) is 0 Å². The number of hydrogen-bond donors (Lipinski definition) is 2. The van der Waals surface area contributed by atoms with Crippen LogP contribution in [0.5, 0.6) is 0 Å². The van der Waals surface area contributed by atoms with Crippen LogP contribution in [-0.2, 0) is 4.74 Å². The number of amidine groups is 2. The zero-order chi connectivity index (χ0) is 21.1. The van der Waals surface area contributed by atoms with Crippen molar-refractivity contribution in [2.24, 2.45) is 21.6 Å². The van der Waals surface area contributed by atoms with Crippen molar-refractivity contribution in [3.63, 3.8) is 0 Å². The SMILES string of the molecule is COCCN(C)C1=NC(c2cnc(N)nc2C)=NC(N(CC2CC2)C(C)Cl)C1N. The summed E-state index contributed by atoms with van der Waals surface area (Å²) in [7, 11) is 3.63. The van der Waals surface area contributed by atoms with Crippen molar-refractivity contribution in [2.75, 3.05) is 39.6 Å². The van der Waals surface area contributed by atoms with E-state index in [-0.39, 0.29) is 17.6 Å². The van der Waals surface area contributed by atoms with Crippen LogP contribution in [-0.4, -0.2) is 83.0 Å². The van der Waals surface area contributed by atoms with Crippen LogP contribution in [0.2, 0.25) is 0 Å². The molecule has 1 aliphatic carbocycles. The topological polar surface area (TPSA) is 118 Å². The average molecular weight is 423 g/mol. The summed E-state index contributed by atoms with van der Waals surface area (Å²) in [6.45, 7) is 5.94. The van der Waals surface area contributed by atoms with Crippen molar-refractivity contribution in [1.29, 1.82) is 0 Å². The average Bonchev–Trinajstić information content (AvgIpc) is 3.49. The molecule has 0 spiro atoms. The molecule has 3 rings (SSSR count). The first kappa shape index (κ1) is 21.9. The monoisotopic (exact) mass is 422 g/mol. The Hall–Kier alpha value is -1.81. The molecule has 160 valence electrons. The Kier molecular flexibility index (Phi) is 7.05. The second kappa shape index (κ2) is 9.34. The summed E-state index contributed by atoms with van der Waals surface area (Å²) >= 11 is 6.56. The van der Waals surface area contributed by atoms with Crippen molar-refractivity contribution in [1.82, 2.24) is 19.8 Å². The number of nitrogens with zero attached hydrogens (tertiary/aromatic N) is 6. The molecule has 2 aliphatic rings. The lowest BCUT2D eigenvalue weighted by Crippen LogP contribution is -2.58. The largest absolute Gasteiger partial charge is 0.383 e. The molecule has 0 aromatic carbocycles. The molecule has 0 bridgehead atoms. The molecule has 29 heavy (non-hydrogen) atoms. The van der Waals surface area contributed by atoms with Gasteiger partial charge in [-0.3, -0.25) is 4.90 Å². The highest BCUT2D eigenvalue weighted by atomic mass is 35.5. The minimum Gasteiger partial charge on any atom is -0.383 e. The van der Waals surface area contributed by atoms with Crippen molar-refractivity contribution in [2.45, 2.75) is 44.4 Å². The molecule has 4 N–H and O–H groups in total. The lowest BCUT2D eigenvalue weighted by molar-refractivity contribution is 0.163. The van der Waals surface area contributed by atoms with Gasteiger partial charge in [-0.25, -0.2) is 20.0 Å². The van der Waals surface area contributed by atoms with Gasteiger partial charge in [0.2, 0.25) is 5.95 Å². The van der Waals surface area contributed by atoms with Gasteiger partial charge in [-0.2, -0.15) is 0 Å². The molecule has 1 aromatic heterocycles. The molecule has 0 saturated heterocycles. The molecular formula is C19H31ClN8O. The Balaban J connectivity index is 2.00. The van der Waals surface area contributed by atoms with E-state index in [0.29, 0.717) is 24.9 Å². The maximum atomic E-state index is 6.66. The number of aryl methyl sites for hydroxylation is 1. The summed E-state index contributed by atoms with van der Waals surface area (Å²) in [6, 6.07) is -0.407. The Bertz CT molecular complexity index is 779. The van der Waals surface area contributed by atoms with E-state index >= 15 is 0 Å². The van der Waals surface area contributed by atoms with Gasteiger partial charge in [0.05, 0.1) is 29.4 Å². The van der Waals surface area contributed by atoms with Crippen LogP contribution in [0.3, 0.4) is 0 Å². The Morgan fingerprint density at radius 3 is 2.69 bits per heavy atom. The third kappa shape index (κ3) is 5.22. The van der Waals surface area contributed by atoms with Crippen molar-refractivity contribution in [3.8, 4) is 0 Å². The van der Waals surface area contributed by atoms with Gasteiger partial charge in [0.15, 0.2) is 5.84 Å². The summed E-state index contributed by atoms with van der Waals surface area (Å²) in [6.07, 6.45) is 3.78. The summed E-state index contributed by atoms with van der Waals surface area (Å²) in [4.78, 5) is 22.3. The van der Waals surface area contributed by atoms with Crippen LogP contribution in [0.15, 0.2) is 16.2 Å². The minimum absolute atomic E-state index is 0.205. The number of nitrogen functional groups attached to an aromatic ring is 1. The number of hydrogen-bond acceptors (Lipinski definition) is 9. The fourth-order valence-electron chi connectivity index (χ4n) is 3.41. The Morgan fingerprint density at radius 2 is 2.10 bits per heavy atom. The van der Waals surface area contributed by atoms with Crippen LogP contribution in [0.1, 0.15) is 31.0 Å². The van der Waals surface area contributed by atoms with Gasteiger partial charge in [0.25, 0.3) is 0 Å². The van der Waals surface area contributed by atoms with Crippen molar-refractivity contribution < 1.29 is 4.74 Å². The first-order chi connectivity index (χ1) is 13.8. The molecule has 10 heteroatoms. The van der Waals surface area contributed by atoms with E-state index in [4.69, 9.17) is 37.8 Å². The Labute approximate surface area is 177 Å². The highest BCUT2D eigenvalue weighted by Gasteiger charge is 2.38. The standard InChI is InChI=1S/C19H31ClN8O/c1-11-14(9-23-19(22)24-11)16-25-17(27(3)7-8-29-4)15(21)18(26-16)28(12(2)20)10-13-5-6-13/h9,12-13,15,18H,5-8,10,21H2,1-4H3,(H2,22,23,24). The van der Waals surface area contributed by atoms with Crippen LogP contribution in [0.25, 0.3) is 0 Å². The first-order valence-electron chi connectivity index (χ1n) is 9.93. The van der Waals surface area contributed by atoms with Gasteiger partial charge in [0.1, 0.15) is 12.0 Å². The molecule has 3 atom stereocenters. The van der Waals surface area contributed by atoms with E-state index in [1.165, 1.54) is 12.8 Å². The summed E-state index contributed by atoms with van der Waals surface area (Å²) in [5.41, 5.74) is 13.6. The van der Waals surface area contributed by atoms with E-state index in [1.807, 2.05) is 25.8 Å². The number of aliphatic imine (C=N–C) groups is 2. The number of alkyl halides is 1. The second-order valence-corrected chi connectivity index (χ2v) is 8.35. The number of nitrogens with two attached hydrogens (primary N) is 2. The number of rotatable bonds is 8. The number of methoxy groups -OCH3 is 1. The van der Waals surface area contributed by atoms with Gasteiger partial charge in [-0.05, 0) is 32.6 Å². The Morgan fingerprint density at radius 1 is 1.38 bits per heavy atom. The number of anilines is 1. The number of ether oxygens (including phenoxy) is 1. The lowest BCUT2D eigenvalue weighted by Gasteiger charge is -2.39. The molecule has 1 saturated carbocycles. The van der Waals surface area contributed by atoms with Gasteiger partial charge >= 0.3 is 0 Å². The molecule has 1 aliphatic heterocycles. The molecule has 2 heterocycles. The smallest absolute Gasteiger partial charge is 0.220 e. The summed E-state index contributed by atoms with van der Waals surface area (Å²) in [5.74, 6) is 2.16. The van der Waals surface area contributed by atoms with Crippen molar-refractivity contribution >= 4 is 29.2 Å². The third-order valence-corrected chi connectivity index (χ3v) is 5.57. The minimum atomic E-state index is -0.407. The van der Waals surface area contributed by atoms with Gasteiger partial charge in [0, 0.05) is 33.4 Å². The highest BCUT2D eigenvalue weighted by molar-refractivity contribution is 6.20. The van der Waals surface area contributed by atoms with E-state index in [2.05, 4.69) is 14.9 Å². The fraction of sp³-hybridized carbons (Fsp3) is 0.684. The summed E-state index contributed by atoms with van der Waals surface area (Å²) < 4.78 is 5.22. The maximum absolute atomic E-state index is 6.66. The van der Waals surface area contributed by atoms with Crippen LogP contribution in [0, 0.1) is 12.8 Å². The van der Waals surface area contributed by atoms with Crippen molar-refractivity contribution in [3.05, 3.63) is 17.5 Å². The molecule has 3 unspecified atom stereocenters. The lowest BCUT2D eigenvalue weighted by atomic mass is 10.1. The number of halogens is 1. The molecule has 1 aromatic rings. The number of likely N-dealkylation sites (N-methyl/N-ethyl adjacent to an activating group) is 1. The molecule has 0 amide bonds. The van der Waals surface area contributed by atoms with Gasteiger partial charge in [-0.15, -0.1) is 11.6 Å². The summed E-state index contributed by atoms with van der Waals surface area (Å²) in [5, 5.41) is 0. The van der Waals surface area contributed by atoms with E-state index in [9.17, 15) is 0 Å². The van der Waals surface area contributed by atoms with Gasteiger partial charge < -0.3 is 21.1 Å². The second-order valence-electron chi connectivity index (χ2n) is 7.72. The van der Waals surface area contributed by atoms with Crippen LogP contribution >= 0.6 is 11.6 Å². The predicted octanol–water partition coefficient (Wildman–Crippen LogP) is 1.05. The molecular weight excluding hydrogens is 392 g/mol. The fourth-order valence-corrected chi connectivity index (χ4v) is 3.61. The van der Waals surface area contributed by atoms with Crippen LogP contribution < -0.4 is 11.5 Å². The van der Waals surface area contributed by atoms with E-state index in [0.717, 1.165) is 23.6 Å². The van der Waals surface area contributed by atoms with E-state index in [1.54, 1.807) is 13.3 Å². The quantitative estimate of drug-likeness (QED) is 0.474. The third-order valence-electron chi connectivity index (χ3n) is 5.32. The first-order valence-corrected chi connectivity index (χ1v) is 10.4. The van der Waals surface area contributed by atoms with E-state index < -0.39 is 6.04 Å². The molecule has 1 fully saturated rings. The zero-order valence-electron chi connectivity index (χ0n) is 17.5. The predicted molar refractivity (Wildman–Crippen MR) is 116 cm³/mol. The highest BCUT2D eigenvalue weighted by Crippen LogP contribution is 2.32. The molecule has 0 radical (unpaired) electrons. The van der Waals surface area contributed by atoms with Crippen LogP contribution in [0.4, 0.5) is 5.95 Å². The normalized spacial score (nSPS) is 23.0. The molecule has 9 nitrogen and oxygen atoms in total.